The van der Waals surface area contributed by atoms with Crippen molar-refractivity contribution in [1.82, 2.24) is 0 Å². The summed E-state index contributed by atoms with van der Waals surface area (Å²) < 4.78 is 33.0. The van der Waals surface area contributed by atoms with Crippen LogP contribution in [0.4, 0.5) is 0 Å². The summed E-state index contributed by atoms with van der Waals surface area (Å²) in [4.78, 5) is 10.1. The molecule has 0 radical (unpaired) electrons. The van der Waals surface area contributed by atoms with Gasteiger partial charge in [-0.15, -0.1) is 0 Å². The molecule has 0 aliphatic rings. The number of benzene rings is 1. The first-order valence-electron chi connectivity index (χ1n) is 8.63. The lowest BCUT2D eigenvalue weighted by Crippen LogP contribution is -2.31. The largest absolute Gasteiger partial charge is 0.493 e. The van der Waals surface area contributed by atoms with E-state index in [1.54, 1.807) is 25.3 Å². The van der Waals surface area contributed by atoms with Crippen LogP contribution >= 0.6 is 0 Å². The monoisotopic (exact) mass is 404 g/mol. The minimum absolute atomic E-state index is 0.0924. The third kappa shape index (κ3) is 10.8. The van der Waals surface area contributed by atoms with Crippen LogP contribution in [-0.2, 0) is 14.6 Å². The second-order valence-electron chi connectivity index (χ2n) is 6.62. The third-order valence-corrected chi connectivity index (χ3v) is 4.41. The first-order valence-corrected chi connectivity index (χ1v) is 10.7. The number of methoxy groups -OCH3 is 1. The van der Waals surface area contributed by atoms with Crippen LogP contribution in [-0.4, -0.2) is 51.3 Å². The fourth-order valence-corrected chi connectivity index (χ4v) is 3.07. The molecule has 0 aromatic heterocycles. The van der Waals surface area contributed by atoms with E-state index in [4.69, 9.17) is 26.0 Å². The predicted octanol–water partition coefficient (Wildman–Crippen LogP) is 1.58. The molecule has 8 nitrogen and oxygen atoms in total. The quantitative estimate of drug-likeness (QED) is 0.563. The fourth-order valence-electron chi connectivity index (χ4n) is 2.22. The zero-order chi connectivity index (χ0) is 21.2. The van der Waals surface area contributed by atoms with E-state index in [0.717, 1.165) is 0 Å². The molecule has 0 fully saturated rings. The number of carboxylic acids is 1. The summed E-state index contributed by atoms with van der Waals surface area (Å²) in [5.41, 5.74) is 11.8. The molecule has 9 heteroatoms. The molecular weight excluding hydrogens is 372 g/mol. The lowest BCUT2D eigenvalue weighted by atomic mass is 10.1. The number of ether oxygens (including phenoxy) is 2. The molecule has 1 rings (SSSR count). The second kappa shape index (κ2) is 11.8. The van der Waals surface area contributed by atoms with Gasteiger partial charge in [0.25, 0.3) is 0 Å². The van der Waals surface area contributed by atoms with E-state index in [1.165, 1.54) is 6.26 Å². The van der Waals surface area contributed by atoms with E-state index in [9.17, 15) is 13.2 Å². The first kappa shape index (κ1) is 25.2. The first-order chi connectivity index (χ1) is 12.4. The van der Waals surface area contributed by atoms with Crippen LogP contribution in [0.2, 0.25) is 0 Å². The predicted molar refractivity (Wildman–Crippen MR) is 106 cm³/mol. The topological polar surface area (TPSA) is 142 Å². The molecular formula is C18H32N2O6S. The molecule has 5 N–H and O–H groups in total. The number of nitrogens with two attached hydrogens (primary N) is 2. The molecule has 0 amide bonds. The Labute approximate surface area is 161 Å². The van der Waals surface area contributed by atoms with Gasteiger partial charge in [0.05, 0.1) is 19.5 Å². The highest BCUT2D eigenvalue weighted by Gasteiger charge is 2.15. The molecule has 0 bridgehead atoms. The molecule has 0 spiro atoms. The molecule has 1 aromatic rings. The summed E-state index contributed by atoms with van der Waals surface area (Å²) in [6.07, 6.45) is 1.72. The van der Waals surface area contributed by atoms with Crippen LogP contribution < -0.4 is 20.9 Å². The Balaban J connectivity index is 0.000000636. The van der Waals surface area contributed by atoms with Crippen molar-refractivity contribution >= 4 is 15.8 Å². The van der Waals surface area contributed by atoms with Crippen LogP contribution in [0.15, 0.2) is 18.2 Å². The summed E-state index contributed by atoms with van der Waals surface area (Å²) in [6.45, 7) is 6.26. The van der Waals surface area contributed by atoms with Gasteiger partial charge in [-0.2, -0.15) is 0 Å². The van der Waals surface area contributed by atoms with Crippen molar-refractivity contribution in [2.45, 2.75) is 39.3 Å². The van der Waals surface area contributed by atoms with Crippen molar-refractivity contribution in [3.8, 4) is 11.5 Å². The van der Waals surface area contributed by atoms with Crippen LogP contribution in [0, 0.1) is 5.92 Å². The van der Waals surface area contributed by atoms with Crippen molar-refractivity contribution in [2.75, 3.05) is 25.7 Å². The molecule has 0 saturated carbocycles. The summed E-state index contributed by atoms with van der Waals surface area (Å²) in [5, 5.41) is 8.31. The molecule has 156 valence electrons. The van der Waals surface area contributed by atoms with Crippen LogP contribution in [0.25, 0.3) is 0 Å². The Hall–Kier alpha value is -1.84. The Morgan fingerprint density at radius 2 is 1.81 bits per heavy atom. The van der Waals surface area contributed by atoms with Gasteiger partial charge in [0.15, 0.2) is 11.5 Å². The molecule has 0 aliphatic carbocycles. The molecule has 2 atom stereocenters. The van der Waals surface area contributed by atoms with Crippen molar-refractivity contribution in [3.05, 3.63) is 23.8 Å². The van der Waals surface area contributed by atoms with Gasteiger partial charge in [-0.05, 0) is 37.0 Å². The molecule has 0 heterocycles. The summed E-state index contributed by atoms with van der Waals surface area (Å²) in [7, 11) is -1.56. The van der Waals surface area contributed by atoms with Gasteiger partial charge in [0.1, 0.15) is 15.9 Å². The zero-order valence-electron chi connectivity index (χ0n) is 16.6. The maximum absolute atomic E-state index is 11.2. The number of sulfone groups is 1. The number of hydrogen-bond donors (Lipinski definition) is 3. The lowest BCUT2D eigenvalue weighted by Gasteiger charge is -2.15. The summed E-state index contributed by atoms with van der Waals surface area (Å²) >= 11 is 0. The van der Waals surface area contributed by atoms with E-state index in [1.807, 2.05) is 20.8 Å². The van der Waals surface area contributed by atoms with Gasteiger partial charge >= 0.3 is 5.97 Å². The van der Waals surface area contributed by atoms with E-state index >= 15 is 0 Å². The van der Waals surface area contributed by atoms with E-state index in [-0.39, 0.29) is 5.75 Å². The van der Waals surface area contributed by atoms with Crippen LogP contribution in [0.5, 0.6) is 11.5 Å². The van der Waals surface area contributed by atoms with E-state index < -0.39 is 27.9 Å². The fraction of sp³-hybridized carbons (Fsp3) is 0.611. The smallest absolute Gasteiger partial charge is 0.320 e. The maximum Gasteiger partial charge on any atom is 0.320 e. The Bertz CT molecular complexity index is 691. The second-order valence-corrected chi connectivity index (χ2v) is 8.80. The summed E-state index contributed by atoms with van der Waals surface area (Å²) in [5.74, 6) is 0.527. The lowest BCUT2D eigenvalue weighted by molar-refractivity contribution is -0.138. The molecule has 1 aromatic carbocycles. The van der Waals surface area contributed by atoms with Crippen LogP contribution in [0.1, 0.15) is 38.8 Å². The van der Waals surface area contributed by atoms with Crippen molar-refractivity contribution < 1.29 is 27.8 Å². The standard InChI is InChI=1S/C12H19NO4S.C6H13NO2/c1-4-17-12-7-9(5-6-11(12)16-2)10(13)8-18(3,14)15;1-4(2)3-5(7)6(8)9/h5-7,10H,4,8,13H2,1-3H3;4-5H,3,7H2,1-2H3,(H,8,9)/t10-;/m1./s1. The molecule has 0 aliphatic heterocycles. The minimum atomic E-state index is -3.11. The number of hydrogen-bond acceptors (Lipinski definition) is 7. The molecule has 27 heavy (non-hydrogen) atoms. The number of aliphatic carboxylic acids is 1. The Morgan fingerprint density at radius 3 is 2.19 bits per heavy atom. The summed E-state index contributed by atoms with van der Waals surface area (Å²) in [6, 6.07) is 3.94. The minimum Gasteiger partial charge on any atom is -0.493 e. The highest BCUT2D eigenvalue weighted by molar-refractivity contribution is 7.90. The van der Waals surface area contributed by atoms with E-state index in [0.29, 0.717) is 36.0 Å². The van der Waals surface area contributed by atoms with E-state index in [2.05, 4.69) is 0 Å². The normalized spacial score (nSPS) is 13.3. The maximum atomic E-state index is 11.2. The highest BCUT2D eigenvalue weighted by atomic mass is 32.2. The van der Waals surface area contributed by atoms with Crippen molar-refractivity contribution in [1.29, 1.82) is 0 Å². The Morgan fingerprint density at radius 1 is 1.22 bits per heavy atom. The van der Waals surface area contributed by atoms with Crippen LogP contribution in [0.3, 0.4) is 0 Å². The van der Waals surface area contributed by atoms with Gasteiger partial charge in [0, 0.05) is 12.3 Å². The zero-order valence-corrected chi connectivity index (χ0v) is 17.5. The number of carboxylic acid groups (broad SMARTS) is 1. The van der Waals surface area contributed by atoms with Crippen molar-refractivity contribution in [3.63, 3.8) is 0 Å². The SMILES string of the molecule is CC(C)CC(N)C(=O)O.CCOc1cc([C@H](N)CS(C)(=O)=O)ccc1OC. The van der Waals surface area contributed by atoms with Gasteiger partial charge in [-0.1, -0.05) is 19.9 Å². The molecule has 0 saturated heterocycles. The van der Waals surface area contributed by atoms with Gasteiger partial charge in [-0.25, -0.2) is 8.42 Å². The van der Waals surface area contributed by atoms with Gasteiger partial charge < -0.3 is 26.0 Å². The number of rotatable bonds is 9. The average molecular weight is 405 g/mol. The number of carbonyl (C=O) groups is 1. The molecule has 1 unspecified atom stereocenters. The third-order valence-electron chi connectivity index (χ3n) is 3.44. The highest BCUT2D eigenvalue weighted by Crippen LogP contribution is 2.30. The Kier molecular flexibility index (Phi) is 11.0. The van der Waals surface area contributed by atoms with Crippen molar-refractivity contribution in [2.24, 2.45) is 17.4 Å². The van der Waals surface area contributed by atoms with Gasteiger partial charge in [-0.3, -0.25) is 4.79 Å². The average Bonchev–Trinajstić information content (AvgIpc) is 2.53. The van der Waals surface area contributed by atoms with Gasteiger partial charge in [0.2, 0.25) is 0 Å².